The fourth-order valence-electron chi connectivity index (χ4n) is 0.494. The molecule has 0 spiro atoms. The molecule has 0 aliphatic rings. The van der Waals surface area contributed by atoms with Crippen LogP contribution in [0.25, 0.3) is 0 Å². The van der Waals surface area contributed by atoms with Gasteiger partial charge in [-0.2, -0.15) is 5.10 Å². The second-order valence-corrected chi connectivity index (χ2v) is 1.72. The third kappa shape index (κ3) is 2.48. The zero-order valence-electron chi connectivity index (χ0n) is 5.61. The fraction of sp³-hybridized carbons (Fsp3) is 0. The number of anilines is 1. The van der Waals surface area contributed by atoms with Gasteiger partial charge >= 0.3 is 6.03 Å². The van der Waals surface area contributed by atoms with Crippen LogP contribution in [0.4, 0.5) is 10.6 Å². The molecule has 0 saturated carbocycles. The maximum Gasteiger partial charge on any atom is 0.330 e. The van der Waals surface area contributed by atoms with E-state index < -0.39 is 6.03 Å². The van der Waals surface area contributed by atoms with Gasteiger partial charge in [-0.1, -0.05) is 0 Å². The lowest BCUT2D eigenvalue weighted by Crippen LogP contribution is -2.34. The van der Waals surface area contributed by atoms with Gasteiger partial charge in [0, 0.05) is 6.20 Å². The molecule has 2 amide bonds. The highest BCUT2D eigenvalue weighted by Crippen LogP contribution is 1.93. The molecule has 0 radical (unpaired) electrons. The summed E-state index contributed by atoms with van der Waals surface area (Å²) in [6.07, 6.45) is 1.52. The highest BCUT2D eigenvalue weighted by atomic mass is 16.2. The summed E-state index contributed by atoms with van der Waals surface area (Å²) >= 11 is 0. The minimum absolute atomic E-state index is 0.436. The summed E-state index contributed by atoms with van der Waals surface area (Å²) in [6.45, 7) is 0. The highest BCUT2D eigenvalue weighted by molar-refractivity contribution is 5.72. The molecule has 0 aliphatic carbocycles. The number of hydrazine groups is 1. The second-order valence-electron chi connectivity index (χ2n) is 1.72. The Hall–Kier alpha value is -1.85. The molecule has 0 aliphatic heterocycles. The van der Waals surface area contributed by atoms with Crippen molar-refractivity contribution in [3.05, 3.63) is 18.3 Å². The summed E-state index contributed by atoms with van der Waals surface area (Å²) < 4.78 is 0. The van der Waals surface area contributed by atoms with Crippen LogP contribution in [0, 0.1) is 0 Å². The Bertz CT molecular complexity index is 236. The van der Waals surface area contributed by atoms with Crippen LogP contribution in [-0.4, -0.2) is 16.2 Å². The average Bonchev–Trinajstić information content (AvgIpc) is 2.03. The molecular formula is C5H7N5O. The molecular weight excluding hydrogens is 146 g/mol. The van der Waals surface area contributed by atoms with Gasteiger partial charge in [0.15, 0.2) is 5.82 Å². The Kier molecular flexibility index (Phi) is 2.21. The number of nitrogens with zero attached hydrogens (tertiary/aromatic N) is 2. The third-order valence-corrected chi connectivity index (χ3v) is 0.886. The molecule has 0 fully saturated rings. The van der Waals surface area contributed by atoms with Crippen LogP contribution in [0.3, 0.4) is 0 Å². The lowest BCUT2D eigenvalue weighted by atomic mass is 10.5. The van der Waals surface area contributed by atoms with Crippen molar-refractivity contribution in [2.24, 2.45) is 5.73 Å². The number of nitrogens with two attached hydrogens (primary N) is 1. The monoisotopic (exact) mass is 153 g/mol. The summed E-state index contributed by atoms with van der Waals surface area (Å²) in [6, 6.07) is 2.65. The zero-order chi connectivity index (χ0) is 8.10. The third-order valence-electron chi connectivity index (χ3n) is 0.886. The van der Waals surface area contributed by atoms with Crippen LogP contribution >= 0.6 is 0 Å². The summed E-state index contributed by atoms with van der Waals surface area (Å²) in [7, 11) is 0. The molecule has 0 aromatic carbocycles. The number of nitrogens with one attached hydrogen (secondary N) is 2. The van der Waals surface area contributed by atoms with Gasteiger partial charge in [0.05, 0.1) is 0 Å². The molecule has 1 aromatic heterocycles. The van der Waals surface area contributed by atoms with Crippen LogP contribution in [0.15, 0.2) is 18.3 Å². The van der Waals surface area contributed by atoms with E-state index in [0.29, 0.717) is 5.82 Å². The fourth-order valence-corrected chi connectivity index (χ4v) is 0.494. The Morgan fingerprint density at radius 2 is 2.45 bits per heavy atom. The summed E-state index contributed by atoms with van der Waals surface area (Å²) in [5, 5.41) is 7.18. The van der Waals surface area contributed by atoms with Crippen LogP contribution in [0.1, 0.15) is 0 Å². The molecule has 1 aromatic rings. The predicted molar refractivity (Wildman–Crippen MR) is 38.4 cm³/mol. The van der Waals surface area contributed by atoms with Crippen LogP contribution < -0.4 is 16.6 Å². The topological polar surface area (TPSA) is 92.9 Å². The normalized spacial score (nSPS) is 8.73. The molecule has 1 rings (SSSR count). The predicted octanol–water partition coefficient (Wildman–Crippen LogP) is -0.528. The molecule has 1 heterocycles. The quantitative estimate of drug-likeness (QED) is 0.498. The molecule has 0 bridgehead atoms. The molecule has 58 valence electrons. The Balaban J connectivity index is 2.45. The first-order chi connectivity index (χ1) is 5.29. The van der Waals surface area contributed by atoms with Crippen molar-refractivity contribution >= 4 is 11.8 Å². The zero-order valence-corrected chi connectivity index (χ0v) is 5.61. The van der Waals surface area contributed by atoms with Crippen LogP contribution in [0.5, 0.6) is 0 Å². The first-order valence-electron chi connectivity index (χ1n) is 2.88. The van der Waals surface area contributed by atoms with Crippen molar-refractivity contribution in [3.8, 4) is 0 Å². The molecule has 0 atom stereocenters. The van der Waals surface area contributed by atoms with Crippen molar-refractivity contribution in [2.75, 3.05) is 5.43 Å². The number of hydrogen-bond acceptors (Lipinski definition) is 4. The molecule has 6 nitrogen and oxygen atoms in total. The maximum atomic E-state index is 10.2. The number of aromatic nitrogens is 2. The summed E-state index contributed by atoms with van der Waals surface area (Å²) in [5.74, 6) is 0.436. The second kappa shape index (κ2) is 3.35. The number of rotatable bonds is 2. The number of primary amides is 1. The van der Waals surface area contributed by atoms with Gasteiger partial charge in [-0.15, -0.1) is 5.10 Å². The van der Waals surface area contributed by atoms with Gasteiger partial charge in [0.2, 0.25) is 0 Å². The Labute approximate surface area is 62.8 Å². The van der Waals surface area contributed by atoms with Crippen LogP contribution in [0.2, 0.25) is 0 Å². The van der Waals surface area contributed by atoms with E-state index in [9.17, 15) is 4.79 Å². The van der Waals surface area contributed by atoms with Crippen LogP contribution in [-0.2, 0) is 0 Å². The van der Waals surface area contributed by atoms with Crippen molar-refractivity contribution in [3.63, 3.8) is 0 Å². The molecule has 6 heteroatoms. The number of urea groups is 1. The van der Waals surface area contributed by atoms with Crippen molar-refractivity contribution < 1.29 is 4.79 Å². The Morgan fingerprint density at radius 3 is 3.00 bits per heavy atom. The van der Waals surface area contributed by atoms with E-state index in [1.54, 1.807) is 12.1 Å². The van der Waals surface area contributed by atoms with E-state index in [1.807, 2.05) is 0 Å². The lowest BCUT2D eigenvalue weighted by Gasteiger charge is -2.01. The van der Waals surface area contributed by atoms with E-state index in [1.165, 1.54) is 6.20 Å². The van der Waals surface area contributed by atoms with Gasteiger partial charge in [-0.3, -0.25) is 10.9 Å². The first-order valence-corrected chi connectivity index (χ1v) is 2.88. The minimum atomic E-state index is -0.671. The maximum absolute atomic E-state index is 10.2. The Morgan fingerprint density at radius 1 is 1.64 bits per heavy atom. The lowest BCUT2D eigenvalue weighted by molar-refractivity contribution is 0.250. The summed E-state index contributed by atoms with van der Waals surface area (Å²) in [4.78, 5) is 10.2. The number of carbonyl (C=O) groups is 1. The van der Waals surface area contributed by atoms with Gasteiger partial charge in [0.25, 0.3) is 0 Å². The molecule has 0 saturated heterocycles. The van der Waals surface area contributed by atoms with E-state index in [2.05, 4.69) is 21.0 Å². The largest absolute Gasteiger partial charge is 0.350 e. The van der Waals surface area contributed by atoms with E-state index in [0.717, 1.165) is 0 Å². The van der Waals surface area contributed by atoms with Gasteiger partial charge in [-0.05, 0) is 12.1 Å². The van der Waals surface area contributed by atoms with Gasteiger partial charge in [0.1, 0.15) is 0 Å². The van der Waals surface area contributed by atoms with Crippen molar-refractivity contribution in [1.29, 1.82) is 0 Å². The van der Waals surface area contributed by atoms with Crippen molar-refractivity contribution in [2.45, 2.75) is 0 Å². The molecule has 4 N–H and O–H groups in total. The summed E-state index contributed by atoms with van der Waals surface area (Å²) in [5.41, 5.74) is 9.37. The average molecular weight is 153 g/mol. The minimum Gasteiger partial charge on any atom is -0.350 e. The van der Waals surface area contributed by atoms with E-state index >= 15 is 0 Å². The number of carbonyl (C=O) groups excluding carboxylic acids is 1. The highest BCUT2D eigenvalue weighted by Gasteiger charge is 1.91. The van der Waals surface area contributed by atoms with Gasteiger partial charge < -0.3 is 5.73 Å². The molecule has 11 heavy (non-hydrogen) atoms. The van der Waals surface area contributed by atoms with Crippen molar-refractivity contribution in [1.82, 2.24) is 15.6 Å². The van der Waals surface area contributed by atoms with Gasteiger partial charge in [-0.25, -0.2) is 4.79 Å². The van der Waals surface area contributed by atoms with E-state index in [-0.39, 0.29) is 0 Å². The number of amides is 2. The molecule has 0 unspecified atom stereocenters. The standard InChI is InChI=1S/C5H7N5O/c6-5(11)10-9-4-2-1-3-7-8-4/h1-3H,(H,8,9)(H3,6,10,11). The first kappa shape index (κ1) is 7.26. The number of hydrogen-bond donors (Lipinski definition) is 3. The van der Waals surface area contributed by atoms with E-state index in [4.69, 9.17) is 5.73 Å². The smallest absolute Gasteiger partial charge is 0.330 e. The SMILES string of the molecule is NC(=O)NNc1cccnn1.